The number of ether oxygens (including phenoxy) is 2. The number of rotatable bonds is 5. The molecule has 0 aliphatic carbocycles. The Balaban J connectivity index is 2.08. The van der Waals surface area contributed by atoms with Crippen LogP contribution < -0.4 is 4.90 Å². The van der Waals surface area contributed by atoms with E-state index in [1.807, 2.05) is 0 Å². The molecule has 0 atom stereocenters. The second-order valence-corrected chi connectivity index (χ2v) is 5.37. The summed E-state index contributed by atoms with van der Waals surface area (Å²) < 4.78 is 10.2. The smallest absolute Gasteiger partial charge is 0.338 e. The molecular formula is C17H22N2O5. The van der Waals surface area contributed by atoms with Crippen molar-refractivity contribution < 1.29 is 23.9 Å². The van der Waals surface area contributed by atoms with E-state index in [1.54, 1.807) is 36.1 Å². The largest absolute Gasteiger partial charge is 0.462 e. The molecule has 1 aromatic rings. The van der Waals surface area contributed by atoms with Crippen molar-refractivity contribution in [3.05, 3.63) is 29.8 Å². The third-order valence-corrected chi connectivity index (χ3v) is 3.73. The van der Waals surface area contributed by atoms with Crippen molar-refractivity contribution in [2.75, 3.05) is 44.4 Å². The van der Waals surface area contributed by atoms with Gasteiger partial charge < -0.3 is 19.3 Å². The van der Waals surface area contributed by atoms with E-state index < -0.39 is 5.97 Å². The minimum atomic E-state index is -0.414. The van der Waals surface area contributed by atoms with Crippen LogP contribution in [0.2, 0.25) is 0 Å². The Hall–Kier alpha value is -2.41. The number of amides is 2. The summed E-state index contributed by atoms with van der Waals surface area (Å²) in [5, 5.41) is 0. The lowest BCUT2D eigenvalue weighted by atomic mass is 10.2. The van der Waals surface area contributed by atoms with Gasteiger partial charge >= 0.3 is 5.97 Å². The number of morpholine rings is 1. The number of carbonyl (C=O) groups excluding carboxylic acids is 3. The summed E-state index contributed by atoms with van der Waals surface area (Å²) in [5.74, 6) is -0.772. The average molecular weight is 334 g/mol. The standard InChI is InChI=1S/C17H22N2O5/c1-3-24-17(22)14-4-6-15(7-5-14)19(13(2)20)12-16(21)18-8-10-23-11-9-18/h4-7H,3,8-12H2,1-2H3. The molecule has 1 fully saturated rings. The number of carbonyl (C=O) groups is 3. The number of hydrogen-bond donors (Lipinski definition) is 0. The quantitative estimate of drug-likeness (QED) is 0.753. The van der Waals surface area contributed by atoms with Gasteiger partial charge in [-0.05, 0) is 31.2 Å². The summed E-state index contributed by atoms with van der Waals surface area (Å²) in [6.07, 6.45) is 0. The Bertz CT molecular complexity index is 594. The zero-order valence-electron chi connectivity index (χ0n) is 14.0. The summed E-state index contributed by atoms with van der Waals surface area (Å²) in [7, 11) is 0. The van der Waals surface area contributed by atoms with Gasteiger partial charge in [-0.15, -0.1) is 0 Å². The van der Waals surface area contributed by atoms with Gasteiger partial charge in [0.05, 0.1) is 25.4 Å². The van der Waals surface area contributed by atoms with E-state index in [9.17, 15) is 14.4 Å². The monoisotopic (exact) mass is 334 g/mol. The van der Waals surface area contributed by atoms with Crippen molar-refractivity contribution in [2.45, 2.75) is 13.8 Å². The van der Waals surface area contributed by atoms with E-state index in [0.29, 0.717) is 44.2 Å². The second kappa shape index (κ2) is 8.44. The zero-order chi connectivity index (χ0) is 17.5. The Morgan fingerprint density at radius 2 is 1.79 bits per heavy atom. The minimum Gasteiger partial charge on any atom is -0.462 e. The Morgan fingerprint density at radius 1 is 1.17 bits per heavy atom. The molecule has 7 heteroatoms. The predicted octanol–water partition coefficient (Wildman–Crippen LogP) is 1.07. The van der Waals surface area contributed by atoms with Gasteiger partial charge in [0.2, 0.25) is 11.8 Å². The molecule has 1 aliphatic heterocycles. The van der Waals surface area contributed by atoms with Crippen LogP contribution in [0.3, 0.4) is 0 Å². The maximum Gasteiger partial charge on any atom is 0.338 e. The van der Waals surface area contributed by atoms with E-state index in [1.165, 1.54) is 11.8 Å². The number of benzene rings is 1. The first-order valence-corrected chi connectivity index (χ1v) is 7.93. The van der Waals surface area contributed by atoms with Gasteiger partial charge in [-0.3, -0.25) is 9.59 Å². The van der Waals surface area contributed by atoms with E-state index >= 15 is 0 Å². The van der Waals surface area contributed by atoms with Crippen LogP contribution >= 0.6 is 0 Å². The topological polar surface area (TPSA) is 76.2 Å². The zero-order valence-corrected chi connectivity index (χ0v) is 14.0. The van der Waals surface area contributed by atoms with E-state index in [0.717, 1.165) is 0 Å². The van der Waals surface area contributed by atoms with Crippen LogP contribution in [-0.2, 0) is 19.1 Å². The highest BCUT2D eigenvalue weighted by atomic mass is 16.5. The predicted molar refractivity (Wildman–Crippen MR) is 87.8 cm³/mol. The third-order valence-electron chi connectivity index (χ3n) is 3.73. The van der Waals surface area contributed by atoms with Crippen LogP contribution in [0.5, 0.6) is 0 Å². The van der Waals surface area contributed by atoms with E-state index in [2.05, 4.69) is 0 Å². The summed E-state index contributed by atoms with van der Waals surface area (Å²) >= 11 is 0. The molecule has 1 aliphatic rings. The van der Waals surface area contributed by atoms with Gasteiger partial charge in [0.25, 0.3) is 0 Å². The van der Waals surface area contributed by atoms with Crippen molar-refractivity contribution in [1.29, 1.82) is 0 Å². The first-order chi connectivity index (χ1) is 11.5. The molecule has 7 nitrogen and oxygen atoms in total. The van der Waals surface area contributed by atoms with Gasteiger partial charge in [0, 0.05) is 25.7 Å². The molecule has 0 aromatic heterocycles. The maximum absolute atomic E-state index is 12.3. The molecule has 0 unspecified atom stereocenters. The van der Waals surface area contributed by atoms with Crippen molar-refractivity contribution >= 4 is 23.5 Å². The second-order valence-electron chi connectivity index (χ2n) is 5.37. The van der Waals surface area contributed by atoms with Crippen LogP contribution in [0.1, 0.15) is 24.2 Å². The van der Waals surface area contributed by atoms with Crippen molar-refractivity contribution in [3.63, 3.8) is 0 Å². The van der Waals surface area contributed by atoms with Crippen molar-refractivity contribution in [3.8, 4) is 0 Å². The number of hydrogen-bond acceptors (Lipinski definition) is 5. The molecule has 130 valence electrons. The van der Waals surface area contributed by atoms with E-state index in [4.69, 9.17) is 9.47 Å². The molecule has 2 rings (SSSR count). The van der Waals surface area contributed by atoms with Gasteiger partial charge in [0.15, 0.2) is 0 Å². The minimum absolute atomic E-state index is 0.0336. The van der Waals surface area contributed by atoms with Crippen LogP contribution in [-0.4, -0.2) is 62.1 Å². The molecule has 1 heterocycles. The van der Waals surface area contributed by atoms with Crippen molar-refractivity contribution in [1.82, 2.24) is 4.90 Å². The lowest BCUT2D eigenvalue weighted by molar-refractivity contribution is -0.134. The number of nitrogens with zero attached hydrogens (tertiary/aromatic N) is 2. The third kappa shape index (κ3) is 4.55. The normalized spacial score (nSPS) is 14.2. The Morgan fingerprint density at radius 3 is 2.33 bits per heavy atom. The van der Waals surface area contributed by atoms with Gasteiger partial charge in [-0.25, -0.2) is 4.79 Å². The van der Waals surface area contributed by atoms with Crippen LogP contribution in [0.15, 0.2) is 24.3 Å². The summed E-state index contributed by atoms with van der Waals surface area (Å²) in [5.41, 5.74) is 0.973. The van der Waals surface area contributed by atoms with Crippen LogP contribution in [0.4, 0.5) is 5.69 Å². The SMILES string of the molecule is CCOC(=O)c1ccc(N(CC(=O)N2CCOCC2)C(C)=O)cc1. The summed E-state index contributed by atoms with van der Waals surface area (Å²) in [4.78, 5) is 39.0. The molecule has 0 spiro atoms. The molecule has 2 amide bonds. The Labute approximate surface area is 141 Å². The van der Waals surface area contributed by atoms with Gasteiger partial charge in [0.1, 0.15) is 6.54 Å². The fourth-order valence-corrected chi connectivity index (χ4v) is 2.42. The first kappa shape index (κ1) is 17.9. The first-order valence-electron chi connectivity index (χ1n) is 7.93. The average Bonchev–Trinajstić information content (AvgIpc) is 2.60. The molecule has 0 N–H and O–H groups in total. The fourth-order valence-electron chi connectivity index (χ4n) is 2.42. The molecular weight excluding hydrogens is 312 g/mol. The summed E-state index contributed by atoms with van der Waals surface area (Å²) in [6.45, 7) is 5.51. The molecule has 24 heavy (non-hydrogen) atoms. The van der Waals surface area contributed by atoms with Crippen LogP contribution in [0.25, 0.3) is 0 Å². The molecule has 1 aromatic carbocycles. The van der Waals surface area contributed by atoms with Gasteiger partial charge in [-0.1, -0.05) is 0 Å². The molecule has 0 bridgehead atoms. The van der Waals surface area contributed by atoms with Crippen molar-refractivity contribution in [2.24, 2.45) is 0 Å². The number of esters is 1. The molecule has 0 saturated carbocycles. The van der Waals surface area contributed by atoms with E-state index in [-0.39, 0.29) is 18.4 Å². The number of anilines is 1. The molecule has 1 saturated heterocycles. The fraction of sp³-hybridized carbons (Fsp3) is 0.471. The lowest BCUT2D eigenvalue weighted by Crippen LogP contribution is -2.46. The highest BCUT2D eigenvalue weighted by Gasteiger charge is 2.22. The van der Waals surface area contributed by atoms with Gasteiger partial charge in [-0.2, -0.15) is 0 Å². The van der Waals surface area contributed by atoms with Crippen LogP contribution in [0, 0.1) is 0 Å². The lowest BCUT2D eigenvalue weighted by Gasteiger charge is -2.29. The highest BCUT2D eigenvalue weighted by Crippen LogP contribution is 2.17. The summed E-state index contributed by atoms with van der Waals surface area (Å²) in [6, 6.07) is 6.45. The molecule has 0 radical (unpaired) electrons. The maximum atomic E-state index is 12.3. The highest BCUT2D eigenvalue weighted by molar-refractivity contribution is 5.98. The Kier molecular flexibility index (Phi) is 6.31.